The van der Waals surface area contributed by atoms with Gasteiger partial charge in [0.25, 0.3) is 0 Å². The molecule has 0 atom stereocenters. The molecule has 3 nitrogen and oxygen atoms in total. The Morgan fingerprint density at radius 3 is 2.61 bits per heavy atom. The number of rotatable bonds is 6. The van der Waals surface area contributed by atoms with Crippen LogP contribution >= 0.6 is 22.6 Å². The first-order valence-electron chi connectivity index (χ1n) is 6.10. The van der Waals surface area contributed by atoms with Crippen molar-refractivity contribution in [2.45, 2.75) is 25.3 Å². The molecular formula is C14H15IN2O. The molecule has 0 N–H and O–H groups in total. The molecule has 1 fully saturated rings. The summed E-state index contributed by atoms with van der Waals surface area (Å²) in [6, 6.07) is 10.3. The first-order valence-corrected chi connectivity index (χ1v) is 7.18. The van der Waals surface area contributed by atoms with Gasteiger partial charge in [0.15, 0.2) is 5.78 Å². The quantitative estimate of drug-likeness (QED) is 0.583. The van der Waals surface area contributed by atoms with Crippen molar-refractivity contribution in [1.82, 2.24) is 4.90 Å². The molecule has 0 heterocycles. The summed E-state index contributed by atoms with van der Waals surface area (Å²) in [5.41, 5.74) is 0.762. The number of nitriles is 1. The first kappa shape index (κ1) is 13.5. The average Bonchev–Trinajstić information content (AvgIpc) is 3.19. The normalized spacial score (nSPS) is 14.5. The highest BCUT2D eigenvalue weighted by atomic mass is 127. The third kappa shape index (κ3) is 3.79. The monoisotopic (exact) mass is 354 g/mol. The summed E-state index contributed by atoms with van der Waals surface area (Å²) in [5.74, 6) is 0.149. The maximum atomic E-state index is 12.1. The molecule has 0 bridgehead atoms. The van der Waals surface area contributed by atoms with E-state index in [-0.39, 0.29) is 5.78 Å². The highest BCUT2D eigenvalue weighted by molar-refractivity contribution is 14.1. The summed E-state index contributed by atoms with van der Waals surface area (Å²) in [6.07, 6.45) is 2.81. The predicted molar refractivity (Wildman–Crippen MR) is 78.3 cm³/mol. The maximum absolute atomic E-state index is 12.1. The van der Waals surface area contributed by atoms with Crippen LogP contribution in [0.25, 0.3) is 0 Å². The van der Waals surface area contributed by atoms with E-state index < -0.39 is 0 Å². The smallest absolute Gasteiger partial charge is 0.176 e. The summed E-state index contributed by atoms with van der Waals surface area (Å²) in [5, 5.41) is 8.64. The van der Waals surface area contributed by atoms with Crippen LogP contribution in [0.5, 0.6) is 0 Å². The van der Waals surface area contributed by atoms with Gasteiger partial charge in [-0.3, -0.25) is 9.69 Å². The number of hydrogen-bond acceptors (Lipinski definition) is 3. The zero-order valence-electron chi connectivity index (χ0n) is 10.1. The van der Waals surface area contributed by atoms with Gasteiger partial charge in [-0.05, 0) is 47.6 Å². The van der Waals surface area contributed by atoms with E-state index in [1.54, 1.807) is 0 Å². The third-order valence-corrected chi connectivity index (χ3v) is 3.81. The van der Waals surface area contributed by atoms with E-state index in [1.165, 1.54) is 0 Å². The lowest BCUT2D eigenvalue weighted by atomic mass is 10.1. The Labute approximate surface area is 121 Å². The lowest BCUT2D eigenvalue weighted by Crippen LogP contribution is -2.32. The molecule has 0 radical (unpaired) electrons. The van der Waals surface area contributed by atoms with Crippen molar-refractivity contribution in [1.29, 1.82) is 5.26 Å². The number of halogens is 1. The van der Waals surface area contributed by atoms with Gasteiger partial charge >= 0.3 is 0 Å². The summed E-state index contributed by atoms with van der Waals surface area (Å²) in [7, 11) is 0. The van der Waals surface area contributed by atoms with Crippen LogP contribution in [-0.2, 0) is 0 Å². The van der Waals surface area contributed by atoms with Crippen molar-refractivity contribution in [2.75, 3.05) is 13.1 Å². The minimum atomic E-state index is 0.149. The minimum absolute atomic E-state index is 0.149. The fourth-order valence-electron chi connectivity index (χ4n) is 1.94. The van der Waals surface area contributed by atoms with Crippen LogP contribution in [0.4, 0.5) is 0 Å². The summed E-state index contributed by atoms with van der Waals surface area (Å²) < 4.78 is 1.13. The Kier molecular flexibility index (Phi) is 4.72. The number of hydrogen-bond donors (Lipinski definition) is 0. The molecule has 18 heavy (non-hydrogen) atoms. The third-order valence-electron chi connectivity index (χ3n) is 3.09. The van der Waals surface area contributed by atoms with Crippen LogP contribution in [-0.4, -0.2) is 29.8 Å². The van der Waals surface area contributed by atoms with Crippen molar-refractivity contribution < 1.29 is 4.79 Å². The fraction of sp³-hybridized carbons (Fsp3) is 0.429. The van der Waals surface area contributed by atoms with Crippen LogP contribution in [0.3, 0.4) is 0 Å². The number of ketones is 1. The lowest BCUT2D eigenvalue weighted by Gasteiger charge is -2.19. The highest BCUT2D eigenvalue weighted by Crippen LogP contribution is 2.27. The van der Waals surface area contributed by atoms with E-state index in [9.17, 15) is 4.79 Å². The second-order valence-corrected chi connectivity index (χ2v) is 5.79. The highest BCUT2D eigenvalue weighted by Gasteiger charge is 2.29. The van der Waals surface area contributed by atoms with E-state index in [0.717, 1.165) is 22.0 Å². The molecule has 0 spiro atoms. The van der Waals surface area contributed by atoms with Crippen molar-refractivity contribution >= 4 is 28.4 Å². The molecular weight excluding hydrogens is 339 g/mol. The van der Waals surface area contributed by atoms with Crippen molar-refractivity contribution in [3.05, 3.63) is 33.4 Å². The minimum Gasteiger partial charge on any atom is -0.293 e. The second kappa shape index (κ2) is 6.30. The topological polar surface area (TPSA) is 44.1 Å². The molecule has 0 saturated heterocycles. The average molecular weight is 354 g/mol. The molecule has 0 amide bonds. The molecule has 1 aromatic carbocycles. The zero-order valence-corrected chi connectivity index (χ0v) is 12.3. The second-order valence-electron chi connectivity index (χ2n) is 4.54. The molecule has 1 aliphatic carbocycles. The van der Waals surface area contributed by atoms with Gasteiger partial charge < -0.3 is 0 Å². The van der Waals surface area contributed by atoms with Gasteiger partial charge in [-0.1, -0.05) is 12.1 Å². The van der Waals surface area contributed by atoms with Gasteiger partial charge in [0, 0.05) is 28.1 Å². The number of carbonyl (C=O) groups excluding carboxylic acids is 1. The molecule has 0 unspecified atom stereocenters. The van der Waals surface area contributed by atoms with Crippen LogP contribution in [0.2, 0.25) is 0 Å². The Balaban J connectivity index is 1.96. The molecule has 0 aromatic heterocycles. The van der Waals surface area contributed by atoms with E-state index in [0.29, 0.717) is 25.6 Å². The van der Waals surface area contributed by atoms with Crippen LogP contribution in [0.15, 0.2) is 24.3 Å². The summed E-state index contributed by atoms with van der Waals surface area (Å²) >= 11 is 2.23. The number of Topliss-reactive ketones (excluding diaryl/α,β-unsaturated/α-hetero) is 1. The predicted octanol–water partition coefficient (Wildman–Crippen LogP) is 2.85. The first-order chi connectivity index (χ1) is 8.70. The molecule has 1 aromatic rings. The van der Waals surface area contributed by atoms with Gasteiger partial charge in [0.2, 0.25) is 0 Å². The van der Waals surface area contributed by atoms with Crippen molar-refractivity contribution in [3.8, 4) is 6.07 Å². The van der Waals surface area contributed by atoms with Crippen molar-refractivity contribution in [2.24, 2.45) is 0 Å². The number of carbonyl (C=O) groups is 1. The van der Waals surface area contributed by atoms with E-state index in [4.69, 9.17) is 5.26 Å². The van der Waals surface area contributed by atoms with Gasteiger partial charge in [0.05, 0.1) is 12.6 Å². The Hall–Kier alpha value is -0.930. The number of benzene rings is 1. The molecule has 94 valence electrons. The Morgan fingerprint density at radius 1 is 1.39 bits per heavy atom. The molecule has 1 saturated carbocycles. The SMILES string of the molecule is N#CCCN(CC(=O)c1ccc(I)cc1)C1CC1. The van der Waals surface area contributed by atoms with Gasteiger partial charge in [-0.15, -0.1) is 0 Å². The Morgan fingerprint density at radius 2 is 2.06 bits per heavy atom. The zero-order chi connectivity index (χ0) is 13.0. The van der Waals surface area contributed by atoms with Gasteiger partial charge in [-0.2, -0.15) is 5.26 Å². The summed E-state index contributed by atoms with van der Waals surface area (Å²) in [6.45, 7) is 1.14. The van der Waals surface area contributed by atoms with E-state index in [2.05, 4.69) is 33.6 Å². The standard InChI is InChI=1S/C14H15IN2O/c15-12-4-2-11(3-5-12)14(18)10-17(9-1-8-16)13-6-7-13/h2-5,13H,1,6-7,9-10H2. The largest absolute Gasteiger partial charge is 0.293 e. The summed E-state index contributed by atoms with van der Waals surface area (Å²) in [4.78, 5) is 14.3. The number of nitrogens with zero attached hydrogens (tertiary/aromatic N) is 2. The molecule has 4 heteroatoms. The Bertz CT molecular complexity index is 460. The fourth-order valence-corrected chi connectivity index (χ4v) is 2.30. The molecule has 2 rings (SSSR count). The molecule has 1 aliphatic rings. The van der Waals surface area contributed by atoms with Crippen LogP contribution in [0, 0.1) is 14.9 Å². The van der Waals surface area contributed by atoms with Gasteiger partial charge in [-0.25, -0.2) is 0 Å². The van der Waals surface area contributed by atoms with Gasteiger partial charge in [0.1, 0.15) is 0 Å². The van der Waals surface area contributed by atoms with Crippen molar-refractivity contribution in [3.63, 3.8) is 0 Å². The lowest BCUT2D eigenvalue weighted by molar-refractivity contribution is 0.0926. The van der Waals surface area contributed by atoms with Crippen LogP contribution in [0.1, 0.15) is 29.6 Å². The van der Waals surface area contributed by atoms with E-state index in [1.807, 2.05) is 24.3 Å². The molecule has 0 aliphatic heterocycles. The van der Waals surface area contributed by atoms with Crippen LogP contribution < -0.4 is 0 Å². The van der Waals surface area contributed by atoms with E-state index >= 15 is 0 Å². The maximum Gasteiger partial charge on any atom is 0.176 e.